The molecule has 3 unspecified atom stereocenters. The van der Waals surface area contributed by atoms with E-state index in [1.54, 1.807) is 0 Å². The van der Waals surface area contributed by atoms with Gasteiger partial charge in [-0.3, -0.25) is 4.90 Å². The van der Waals surface area contributed by atoms with Gasteiger partial charge in [-0.25, -0.2) is 0 Å². The molecule has 0 spiro atoms. The van der Waals surface area contributed by atoms with E-state index in [1.165, 1.54) is 19.3 Å². The first-order chi connectivity index (χ1) is 9.56. The quantitative estimate of drug-likeness (QED) is 0.671. The number of nitrogens with zero attached hydrogens (tertiary/aromatic N) is 1. The summed E-state index contributed by atoms with van der Waals surface area (Å²) in [6.45, 7) is 5.14. The van der Waals surface area contributed by atoms with Crippen LogP contribution in [0.4, 0.5) is 0 Å². The van der Waals surface area contributed by atoms with E-state index in [4.69, 9.17) is 0 Å². The van der Waals surface area contributed by atoms with E-state index >= 15 is 0 Å². The van der Waals surface area contributed by atoms with Crippen LogP contribution in [0, 0.1) is 0 Å². The zero-order chi connectivity index (χ0) is 14.7. The number of likely N-dealkylation sites (tertiary alicyclic amines) is 1. The molecule has 116 valence electrons. The number of hydrogen-bond donors (Lipinski definition) is 3. The summed E-state index contributed by atoms with van der Waals surface area (Å²) in [5.74, 6) is 0. The maximum absolute atomic E-state index is 10.4. The van der Waals surface area contributed by atoms with Gasteiger partial charge in [-0.1, -0.05) is 32.3 Å². The van der Waals surface area contributed by atoms with Crippen LogP contribution in [-0.4, -0.2) is 57.2 Å². The van der Waals surface area contributed by atoms with E-state index in [2.05, 4.69) is 11.8 Å². The molecule has 0 aromatic carbocycles. The summed E-state index contributed by atoms with van der Waals surface area (Å²) in [5, 5.41) is 30.4. The minimum absolute atomic E-state index is 0.170. The molecule has 1 aliphatic heterocycles. The van der Waals surface area contributed by atoms with Gasteiger partial charge in [-0.2, -0.15) is 0 Å². The van der Waals surface area contributed by atoms with Crippen LogP contribution < -0.4 is 0 Å². The van der Waals surface area contributed by atoms with Gasteiger partial charge in [0.15, 0.2) is 0 Å². The Bertz CT molecular complexity index is 345. The fourth-order valence-corrected chi connectivity index (χ4v) is 3.56. The number of hydrogen-bond acceptors (Lipinski definition) is 4. The van der Waals surface area contributed by atoms with Gasteiger partial charge in [0.25, 0.3) is 0 Å². The molecule has 0 bridgehead atoms. The molecule has 1 aliphatic carbocycles. The minimum Gasteiger partial charge on any atom is -0.388 e. The Morgan fingerprint density at radius 1 is 1.10 bits per heavy atom. The highest BCUT2D eigenvalue weighted by Gasteiger charge is 2.40. The summed E-state index contributed by atoms with van der Waals surface area (Å²) in [7, 11) is 0. The lowest BCUT2D eigenvalue weighted by Crippen LogP contribution is -2.57. The Labute approximate surface area is 122 Å². The van der Waals surface area contributed by atoms with Crippen molar-refractivity contribution < 1.29 is 15.3 Å². The van der Waals surface area contributed by atoms with Crippen LogP contribution in [0.25, 0.3) is 0 Å². The Morgan fingerprint density at radius 3 is 2.50 bits per heavy atom. The molecule has 0 aromatic rings. The number of rotatable bonds is 2. The molecule has 2 rings (SSSR count). The van der Waals surface area contributed by atoms with E-state index in [-0.39, 0.29) is 6.04 Å². The van der Waals surface area contributed by atoms with Crippen molar-refractivity contribution in [1.82, 2.24) is 4.90 Å². The zero-order valence-corrected chi connectivity index (χ0v) is 12.7. The molecule has 1 heterocycles. The molecule has 0 amide bonds. The lowest BCUT2D eigenvalue weighted by Gasteiger charge is -2.43. The molecule has 20 heavy (non-hydrogen) atoms. The molecular formula is C16H29NO3. The molecule has 5 atom stereocenters. The smallest absolute Gasteiger partial charge is 0.111 e. The lowest BCUT2D eigenvalue weighted by atomic mass is 9.85. The molecule has 4 heteroatoms. The van der Waals surface area contributed by atoms with Gasteiger partial charge in [0.05, 0.1) is 6.04 Å². The Hall–Kier alpha value is -0.420. The van der Waals surface area contributed by atoms with Crippen molar-refractivity contribution >= 4 is 0 Å². The van der Waals surface area contributed by atoms with Crippen LogP contribution in [0.15, 0.2) is 11.6 Å². The van der Waals surface area contributed by atoms with Gasteiger partial charge in [0.1, 0.15) is 18.3 Å². The SMILES string of the molecule is CCC1=C[C@@H](N2CCCCCCC2C)C(O)[C@@H](O)C1O. The molecule has 3 N–H and O–H groups in total. The van der Waals surface area contributed by atoms with Crippen LogP contribution >= 0.6 is 0 Å². The summed E-state index contributed by atoms with van der Waals surface area (Å²) in [6.07, 6.45) is 5.85. The zero-order valence-electron chi connectivity index (χ0n) is 12.7. The maximum Gasteiger partial charge on any atom is 0.111 e. The molecule has 1 fully saturated rings. The lowest BCUT2D eigenvalue weighted by molar-refractivity contribution is -0.0871. The monoisotopic (exact) mass is 283 g/mol. The van der Waals surface area contributed by atoms with E-state index in [0.29, 0.717) is 12.5 Å². The summed E-state index contributed by atoms with van der Waals surface area (Å²) in [4.78, 5) is 2.31. The van der Waals surface area contributed by atoms with Crippen LogP contribution in [0.3, 0.4) is 0 Å². The molecule has 0 aromatic heterocycles. The first kappa shape index (κ1) is 16.0. The highest BCUT2D eigenvalue weighted by atomic mass is 16.4. The van der Waals surface area contributed by atoms with Crippen molar-refractivity contribution in [3.8, 4) is 0 Å². The molecule has 2 aliphatic rings. The molecule has 1 saturated heterocycles. The third-order valence-electron chi connectivity index (χ3n) is 4.93. The van der Waals surface area contributed by atoms with E-state index in [9.17, 15) is 15.3 Å². The van der Waals surface area contributed by atoms with E-state index < -0.39 is 18.3 Å². The van der Waals surface area contributed by atoms with Crippen LogP contribution in [-0.2, 0) is 0 Å². The van der Waals surface area contributed by atoms with E-state index in [1.807, 2.05) is 13.0 Å². The first-order valence-corrected chi connectivity index (χ1v) is 8.06. The molecule has 0 saturated carbocycles. The van der Waals surface area contributed by atoms with Gasteiger partial charge in [-0.15, -0.1) is 0 Å². The summed E-state index contributed by atoms with van der Waals surface area (Å²) >= 11 is 0. The third-order valence-corrected chi connectivity index (χ3v) is 4.93. The van der Waals surface area contributed by atoms with Crippen molar-refractivity contribution in [3.05, 3.63) is 11.6 Å². The van der Waals surface area contributed by atoms with Gasteiger partial charge in [-0.05, 0) is 38.3 Å². The maximum atomic E-state index is 10.4. The van der Waals surface area contributed by atoms with Gasteiger partial charge in [0.2, 0.25) is 0 Å². The fourth-order valence-electron chi connectivity index (χ4n) is 3.56. The second-order valence-electron chi connectivity index (χ2n) is 6.30. The second kappa shape index (κ2) is 7.03. The Kier molecular flexibility index (Phi) is 5.61. The van der Waals surface area contributed by atoms with Gasteiger partial charge in [0, 0.05) is 6.04 Å². The second-order valence-corrected chi connectivity index (χ2v) is 6.30. The fraction of sp³-hybridized carbons (Fsp3) is 0.875. The van der Waals surface area contributed by atoms with Crippen LogP contribution in [0.2, 0.25) is 0 Å². The Balaban J connectivity index is 2.21. The normalized spacial score (nSPS) is 40.9. The average molecular weight is 283 g/mol. The van der Waals surface area contributed by atoms with Crippen LogP contribution in [0.1, 0.15) is 52.4 Å². The standard InChI is InChI=1S/C16H29NO3/c1-3-12-10-13(15(19)16(20)14(12)18)17-9-7-5-4-6-8-11(17)2/h10-11,13-16,18-20H,3-9H2,1-2H3/t11?,13-,14?,15?,16+/m1/s1. The largest absolute Gasteiger partial charge is 0.388 e. The highest BCUT2D eigenvalue weighted by Crippen LogP contribution is 2.29. The van der Waals surface area contributed by atoms with Crippen molar-refractivity contribution in [1.29, 1.82) is 0 Å². The summed E-state index contributed by atoms with van der Waals surface area (Å²) < 4.78 is 0. The predicted molar refractivity (Wildman–Crippen MR) is 79.4 cm³/mol. The molecular weight excluding hydrogens is 254 g/mol. The van der Waals surface area contributed by atoms with Gasteiger partial charge < -0.3 is 15.3 Å². The van der Waals surface area contributed by atoms with Crippen molar-refractivity contribution in [2.45, 2.75) is 82.8 Å². The van der Waals surface area contributed by atoms with Gasteiger partial charge >= 0.3 is 0 Å². The number of aliphatic hydroxyl groups is 3. The highest BCUT2D eigenvalue weighted by molar-refractivity contribution is 5.21. The van der Waals surface area contributed by atoms with Crippen LogP contribution in [0.5, 0.6) is 0 Å². The van der Waals surface area contributed by atoms with Crippen molar-refractivity contribution in [2.24, 2.45) is 0 Å². The number of aliphatic hydroxyl groups excluding tert-OH is 3. The van der Waals surface area contributed by atoms with Crippen molar-refractivity contribution in [2.75, 3.05) is 6.54 Å². The summed E-state index contributed by atoms with van der Waals surface area (Å²) in [6, 6.07) is 0.239. The summed E-state index contributed by atoms with van der Waals surface area (Å²) in [5.41, 5.74) is 0.849. The predicted octanol–water partition coefficient (Wildman–Crippen LogP) is 1.44. The van der Waals surface area contributed by atoms with E-state index in [0.717, 1.165) is 25.0 Å². The minimum atomic E-state index is -1.07. The molecule has 4 nitrogen and oxygen atoms in total. The average Bonchev–Trinajstić information content (AvgIpc) is 2.42. The molecule has 0 radical (unpaired) electrons. The Morgan fingerprint density at radius 2 is 1.80 bits per heavy atom. The third kappa shape index (κ3) is 3.25. The topological polar surface area (TPSA) is 63.9 Å². The van der Waals surface area contributed by atoms with Crippen molar-refractivity contribution in [3.63, 3.8) is 0 Å². The first-order valence-electron chi connectivity index (χ1n) is 8.06.